The molecule has 14 heavy (non-hydrogen) atoms. The third kappa shape index (κ3) is 2.78. The van der Waals surface area contributed by atoms with Crippen LogP contribution in [0.3, 0.4) is 0 Å². The minimum atomic E-state index is -0.460. The molecule has 1 N–H and O–H groups in total. The molecule has 0 radical (unpaired) electrons. The van der Waals surface area contributed by atoms with Crippen molar-refractivity contribution in [1.29, 1.82) is 0 Å². The lowest BCUT2D eigenvalue weighted by Gasteiger charge is -2.22. The summed E-state index contributed by atoms with van der Waals surface area (Å²) in [7, 11) is 0. The Morgan fingerprint density at radius 3 is 2.79 bits per heavy atom. The van der Waals surface area contributed by atoms with Crippen molar-refractivity contribution in [1.82, 2.24) is 5.32 Å². The zero-order valence-electron chi connectivity index (χ0n) is 7.93. The molecule has 78 valence electrons. The highest BCUT2D eigenvalue weighted by Gasteiger charge is 2.22. The summed E-state index contributed by atoms with van der Waals surface area (Å²) in [5, 5.41) is 4.92. The quantitative estimate of drug-likeness (QED) is 0.847. The monoisotopic (exact) mass is 279 g/mol. The van der Waals surface area contributed by atoms with Crippen LogP contribution in [-0.2, 0) is 0 Å². The molecule has 0 aromatic carbocycles. The molecule has 0 aliphatic heterocycles. The maximum Gasteiger partial charge on any atom is 0.264 e. The molecule has 1 rings (SSSR count). The molecular weight excluding hydrogens is 269 g/mol. The van der Waals surface area contributed by atoms with Gasteiger partial charge in [-0.1, -0.05) is 15.9 Å². The fourth-order valence-electron chi connectivity index (χ4n) is 0.853. The summed E-state index contributed by atoms with van der Waals surface area (Å²) in [6.45, 7) is 3.73. The highest BCUT2D eigenvalue weighted by molar-refractivity contribution is 9.09. The van der Waals surface area contributed by atoms with Gasteiger partial charge in [0.15, 0.2) is 0 Å². The van der Waals surface area contributed by atoms with E-state index >= 15 is 0 Å². The Balaban J connectivity index is 2.73. The number of thiophene rings is 1. The molecule has 1 heterocycles. The lowest BCUT2D eigenvalue weighted by Crippen LogP contribution is -2.44. The number of amides is 1. The van der Waals surface area contributed by atoms with Gasteiger partial charge in [-0.05, 0) is 25.3 Å². The minimum absolute atomic E-state index is 0.138. The van der Waals surface area contributed by atoms with E-state index in [1.54, 1.807) is 5.38 Å². The third-order valence-corrected chi connectivity index (χ3v) is 3.90. The van der Waals surface area contributed by atoms with E-state index in [-0.39, 0.29) is 16.3 Å². The molecule has 2 nitrogen and oxygen atoms in total. The molecule has 0 aliphatic rings. The Morgan fingerprint density at radius 1 is 1.71 bits per heavy atom. The summed E-state index contributed by atoms with van der Waals surface area (Å²) >= 11 is 4.38. The second-order valence-corrected chi connectivity index (χ2v) is 5.05. The van der Waals surface area contributed by atoms with E-state index in [4.69, 9.17) is 0 Å². The van der Waals surface area contributed by atoms with Crippen LogP contribution in [0.1, 0.15) is 23.5 Å². The molecule has 0 aliphatic carbocycles. The van der Waals surface area contributed by atoms with Crippen molar-refractivity contribution in [2.24, 2.45) is 0 Å². The number of hydrogen-bond donors (Lipinski definition) is 1. The largest absolute Gasteiger partial charge is 0.346 e. The first-order valence-electron chi connectivity index (χ1n) is 4.08. The van der Waals surface area contributed by atoms with Crippen LogP contribution >= 0.6 is 27.3 Å². The van der Waals surface area contributed by atoms with Gasteiger partial charge in [0.05, 0.1) is 0 Å². The number of halogens is 2. The third-order valence-electron chi connectivity index (χ3n) is 1.61. The van der Waals surface area contributed by atoms with E-state index in [1.165, 1.54) is 6.07 Å². The van der Waals surface area contributed by atoms with E-state index in [1.807, 2.05) is 13.8 Å². The van der Waals surface area contributed by atoms with E-state index < -0.39 is 5.82 Å². The first-order chi connectivity index (χ1) is 6.46. The van der Waals surface area contributed by atoms with E-state index in [0.717, 1.165) is 11.3 Å². The minimum Gasteiger partial charge on any atom is -0.346 e. The van der Waals surface area contributed by atoms with Crippen LogP contribution in [-0.4, -0.2) is 16.8 Å². The fraction of sp³-hybridized carbons (Fsp3) is 0.444. The topological polar surface area (TPSA) is 29.1 Å². The lowest BCUT2D eigenvalue weighted by atomic mass is 10.1. The Kier molecular flexibility index (Phi) is 3.66. The summed E-state index contributed by atoms with van der Waals surface area (Å²) in [5.74, 6) is -0.820. The summed E-state index contributed by atoms with van der Waals surface area (Å²) in [6.07, 6.45) is 0. The zero-order chi connectivity index (χ0) is 10.8. The van der Waals surface area contributed by atoms with Gasteiger partial charge in [0, 0.05) is 10.9 Å². The molecule has 0 fully saturated rings. The van der Waals surface area contributed by atoms with Crippen LogP contribution in [0.5, 0.6) is 0 Å². The molecule has 0 spiro atoms. The Bertz CT molecular complexity index is 337. The predicted molar refractivity (Wildman–Crippen MR) is 59.6 cm³/mol. The van der Waals surface area contributed by atoms with Crippen LogP contribution in [0.25, 0.3) is 0 Å². The number of carbonyl (C=O) groups is 1. The average Bonchev–Trinajstić information content (AvgIpc) is 2.51. The summed E-state index contributed by atoms with van der Waals surface area (Å²) < 4.78 is 13.0. The van der Waals surface area contributed by atoms with Gasteiger partial charge in [-0.3, -0.25) is 4.79 Å². The van der Waals surface area contributed by atoms with Crippen molar-refractivity contribution in [3.63, 3.8) is 0 Å². The van der Waals surface area contributed by atoms with E-state index in [9.17, 15) is 9.18 Å². The van der Waals surface area contributed by atoms with Gasteiger partial charge in [-0.2, -0.15) is 0 Å². The molecule has 1 amide bonds. The molecule has 0 bridgehead atoms. The number of carbonyl (C=O) groups excluding carboxylic acids is 1. The highest BCUT2D eigenvalue weighted by atomic mass is 79.9. The first kappa shape index (κ1) is 11.7. The lowest BCUT2D eigenvalue weighted by molar-refractivity contribution is 0.0922. The summed E-state index contributed by atoms with van der Waals surface area (Å²) in [6, 6.07) is 1.29. The average molecular weight is 280 g/mol. The van der Waals surface area contributed by atoms with Crippen molar-refractivity contribution in [3.8, 4) is 0 Å². The smallest absolute Gasteiger partial charge is 0.264 e. The SMILES string of the molecule is CC(C)(CBr)NC(=O)c1sccc1F. The van der Waals surface area contributed by atoms with Crippen LogP contribution < -0.4 is 5.32 Å². The molecule has 5 heteroatoms. The van der Waals surface area contributed by atoms with Crippen LogP contribution in [0.4, 0.5) is 4.39 Å². The first-order valence-corrected chi connectivity index (χ1v) is 6.08. The molecule has 0 atom stereocenters. The van der Waals surface area contributed by atoms with Crippen LogP contribution in [0, 0.1) is 5.82 Å². The summed E-state index contributed by atoms with van der Waals surface area (Å²) in [5.41, 5.74) is -0.368. The second-order valence-electron chi connectivity index (χ2n) is 3.57. The van der Waals surface area contributed by atoms with Crippen LogP contribution in [0.15, 0.2) is 11.4 Å². The van der Waals surface area contributed by atoms with Crippen molar-refractivity contribution >= 4 is 33.2 Å². The van der Waals surface area contributed by atoms with Crippen molar-refractivity contribution in [2.45, 2.75) is 19.4 Å². The van der Waals surface area contributed by atoms with Gasteiger partial charge in [-0.15, -0.1) is 11.3 Å². The van der Waals surface area contributed by atoms with Crippen molar-refractivity contribution in [2.75, 3.05) is 5.33 Å². The maximum absolute atomic E-state index is 13.0. The normalized spacial score (nSPS) is 11.4. The van der Waals surface area contributed by atoms with Gasteiger partial charge in [0.1, 0.15) is 10.7 Å². The van der Waals surface area contributed by atoms with E-state index in [0.29, 0.717) is 5.33 Å². The highest BCUT2D eigenvalue weighted by Crippen LogP contribution is 2.16. The molecular formula is C9H11BrFNOS. The van der Waals surface area contributed by atoms with Gasteiger partial charge in [0.25, 0.3) is 5.91 Å². The zero-order valence-corrected chi connectivity index (χ0v) is 10.3. The maximum atomic E-state index is 13.0. The Labute approximate surface area is 94.6 Å². The van der Waals surface area contributed by atoms with Gasteiger partial charge < -0.3 is 5.32 Å². The van der Waals surface area contributed by atoms with Gasteiger partial charge in [0.2, 0.25) is 0 Å². The molecule has 0 unspecified atom stereocenters. The van der Waals surface area contributed by atoms with Gasteiger partial charge in [-0.25, -0.2) is 4.39 Å². The second kappa shape index (κ2) is 4.40. The van der Waals surface area contributed by atoms with E-state index in [2.05, 4.69) is 21.2 Å². The molecule has 0 saturated carbocycles. The number of rotatable bonds is 3. The standard InChI is InChI=1S/C9H11BrFNOS/c1-9(2,5-10)12-8(13)7-6(11)3-4-14-7/h3-4H,5H2,1-2H3,(H,12,13). The predicted octanol–water partition coefficient (Wildman–Crippen LogP) is 2.79. The van der Waals surface area contributed by atoms with Crippen molar-refractivity contribution in [3.05, 3.63) is 22.1 Å². The Hall–Kier alpha value is -0.420. The fourth-order valence-corrected chi connectivity index (χ4v) is 1.66. The number of hydrogen-bond acceptors (Lipinski definition) is 2. The number of nitrogens with one attached hydrogen (secondary N) is 1. The molecule has 0 saturated heterocycles. The van der Waals surface area contributed by atoms with Gasteiger partial charge >= 0.3 is 0 Å². The Morgan fingerprint density at radius 2 is 2.36 bits per heavy atom. The summed E-state index contributed by atoms with van der Waals surface area (Å²) in [4.78, 5) is 11.7. The number of alkyl halides is 1. The van der Waals surface area contributed by atoms with Crippen molar-refractivity contribution < 1.29 is 9.18 Å². The molecule has 1 aromatic heterocycles. The molecule has 1 aromatic rings. The van der Waals surface area contributed by atoms with Crippen LogP contribution in [0.2, 0.25) is 0 Å².